The van der Waals surface area contributed by atoms with Crippen LogP contribution in [0.15, 0.2) is 0 Å². The summed E-state index contributed by atoms with van der Waals surface area (Å²) in [7, 11) is -5.73. The molecule has 4 fully saturated rings. The van der Waals surface area contributed by atoms with Crippen molar-refractivity contribution >= 4 is 37.9 Å². The Morgan fingerprint density at radius 1 is 1.05 bits per heavy atom. The maximum absolute atomic E-state index is 11.8. The van der Waals surface area contributed by atoms with E-state index >= 15 is 0 Å². The molecule has 3 aliphatic carbocycles. The van der Waals surface area contributed by atoms with Gasteiger partial charge in [-0.05, 0) is 74.4 Å². The van der Waals surface area contributed by atoms with E-state index in [-0.39, 0.29) is 42.3 Å². The van der Waals surface area contributed by atoms with Crippen LogP contribution in [0.3, 0.4) is 0 Å². The summed E-state index contributed by atoms with van der Waals surface area (Å²) in [4.78, 5) is 11.8. The lowest BCUT2D eigenvalue weighted by molar-refractivity contribution is -0.185. The number of carboxylic acids is 1. The van der Waals surface area contributed by atoms with E-state index in [0.29, 0.717) is 11.3 Å². The number of carboxylic acid groups (broad SMARTS) is 1. The summed E-state index contributed by atoms with van der Waals surface area (Å²) < 4.78 is 23.5. The SMILES string of the molecule is CC1(C)[C@@H]2C[C@H]1[C@H]1OB(C(CCCC(CC(=O)O)O[Si](C)(C)C(C)(C)C)N([Si](C)(C)C)[Si](C)(C)C)O[C@@]1(C)C2. The van der Waals surface area contributed by atoms with E-state index < -0.39 is 30.8 Å². The van der Waals surface area contributed by atoms with Crippen LogP contribution in [0.4, 0.5) is 0 Å². The summed E-state index contributed by atoms with van der Waals surface area (Å²) in [6.45, 7) is 32.9. The smallest absolute Gasteiger partial charge is 0.474 e. The molecular formula is C29H60BNO5Si3. The van der Waals surface area contributed by atoms with Crippen molar-refractivity contribution in [2.45, 2.75) is 161 Å². The van der Waals surface area contributed by atoms with Crippen molar-refractivity contribution in [3.63, 3.8) is 0 Å². The first-order chi connectivity index (χ1) is 17.4. The van der Waals surface area contributed by atoms with Crippen LogP contribution in [0.5, 0.6) is 0 Å². The average Bonchev–Trinajstić information content (AvgIpc) is 3.06. The Bertz CT molecular complexity index is 883. The van der Waals surface area contributed by atoms with Gasteiger partial charge in [0.25, 0.3) is 0 Å². The number of hydrogen-bond donors (Lipinski definition) is 1. The molecule has 2 bridgehead atoms. The van der Waals surface area contributed by atoms with Crippen LogP contribution < -0.4 is 0 Å². The highest BCUT2D eigenvalue weighted by Crippen LogP contribution is 2.65. The Hall–Kier alpha value is 0.0256. The molecule has 2 unspecified atom stereocenters. The first kappa shape index (κ1) is 33.5. The molecule has 0 aromatic rings. The van der Waals surface area contributed by atoms with E-state index in [0.717, 1.165) is 31.6 Å². The summed E-state index contributed by atoms with van der Waals surface area (Å²) in [6, 6.07) is 0. The number of hydrogen-bond acceptors (Lipinski definition) is 5. The van der Waals surface area contributed by atoms with E-state index in [4.69, 9.17) is 13.7 Å². The molecule has 6 atom stereocenters. The molecule has 226 valence electrons. The third kappa shape index (κ3) is 6.99. The van der Waals surface area contributed by atoms with Crippen molar-refractivity contribution in [1.29, 1.82) is 0 Å². The number of rotatable bonds is 12. The fourth-order valence-corrected chi connectivity index (χ4v) is 19.8. The zero-order valence-electron chi connectivity index (χ0n) is 27.7. The Balaban J connectivity index is 1.84. The van der Waals surface area contributed by atoms with Crippen molar-refractivity contribution in [2.24, 2.45) is 17.3 Å². The second-order valence-corrected chi connectivity index (χ2v) is 32.1. The van der Waals surface area contributed by atoms with E-state index in [1.165, 1.54) is 6.42 Å². The maximum atomic E-state index is 11.8. The van der Waals surface area contributed by atoms with Gasteiger partial charge in [-0.3, -0.25) is 4.79 Å². The highest BCUT2D eigenvalue weighted by atomic mass is 28.4. The van der Waals surface area contributed by atoms with Crippen LogP contribution in [0, 0.1) is 17.3 Å². The van der Waals surface area contributed by atoms with Crippen molar-refractivity contribution in [2.75, 3.05) is 0 Å². The Morgan fingerprint density at radius 3 is 2.08 bits per heavy atom. The fourth-order valence-electron chi connectivity index (χ4n) is 7.84. The van der Waals surface area contributed by atoms with Crippen molar-refractivity contribution in [3.05, 3.63) is 0 Å². The van der Waals surface area contributed by atoms with Gasteiger partial charge < -0.3 is 23.1 Å². The van der Waals surface area contributed by atoms with Crippen LogP contribution in [0.1, 0.15) is 80.1 Å². The monoisotopic (exact) mass is 597 g/mol. The zero-order chi connectivity index (χ0) is 30.0. The van der Waals surface area contributed by atoms with Crippen molar-refractivity contribution in [1.82, 2.24) is 4.23 Å². The van der Waals surface area contributed by atoms with Crippen LogP contribution in [0.2, 0.25) is 57.4 Å². The lowest BCUT2D eigenvalue weighted by Gasteiger charge is -2.63. The molecule has 1 heterocycles. The Morgan fingerprint density at radius 2 is 1.62 bits per heavy atom. The second kappa shape index (κ2) is 10.9. The Kier molecular flexibility index (Phi) is 9.41. The molecule has 0 radical (unpaired) electrons. The summed E-state index contributed by atoms with van der Waals surface area (Å²) in [5.41, 5.74) is 0.133. The fraction of sp³-hybridized carbons (Fsp3) is 0.966. The zero-order valence-corrected chi connectivity index (χ0v) is 30.7. The van der Waals surface area contributed by atoms with Gasteiger partial charge in [0.1, 0.15) is 16.5 Å². The minimum absolute atomic E-state index is 0.0461. The van der Waals surface area contributed by atoms with Crippen LogP contribution in [-0.2, 0) is 18.5 Å². The first-order valence-corrected chi connectivity index (χ1v) is 25.2. The molecule has 0 spiro atoms. The van der Waals surface area contributed by atoms with Gasteiger partial charge in [0.15, 0.2) is 8.32 Å². The average molecular weight is 598 g/mol. The number of nitrogens with zero attached hydrogens (tertiary/aromatic N) is 1. The van der Waals surface area contributed by atoms with Crippen LogP contribution in [-0.4, -0.2) is 71.0 Å². The standard InChI is InChI=1S/C29H60BNO5Si3/c1-27(2,3)39(13,14)35-22(19-25(32)33)16-15-17-24(31(37(7,8)9)38(10,11)12)30-34-26-23-18-21(28(23,4)5)20-29(26,6)36-30/h21-24,26H,15-20H2,1-14H3,(H,32,33)/t21-,22?,23+,24?,26-,29+/m1/s1. The van der Waals surface area contributed by atoms with Crippen LogP contribution >= 0.6 is 0 Å². The molecule has 0 aromatic heterocycles. The molecule has 0 aromatic carbocycles. The molecule has 6 nitrogen and oxygen atoms in total. The van der Waals surface area contributed by atoms with E-state index in [2.05, 4.69) is 98.1 Å². The van der Waals surface area contributed by atoms with Gasteiger partial charge in [0.05, 0.1) is 24.2 Å². The van der Waals surface area contributed by atoms with Gasteiger partial charge in [0.2, 0.25) is 0 Å². The normalized spacial score (nSPS) is 30.6. The van der Waals surface area contributed by atoms with Gasteiger partial charge in [-0.2, -0.15) is 0 Å². The van der Waals surface area contributed by atoms with Crippen molar-refractivity contribution < 1.29 is 23.6 Å². The quantitative estimate of drug-likeness (QED) is 0.233. The number of aliphatic carboxylic acids is 1. The van der Waals surface area contributed by atoms with Gasteiger partial charge in [-0.25, -0.2) is 0 Å². The highest BCUT2D eigenvalue weighted by Gasteiger charge is 2.68. The lowest BCUT2D eigenvalue weighted by Crippen LogP contribution is -2.67. The van der Waals surface area contributed by atoms with Gasteiger partial charge in [-0.15, -0.1) is 0 Å². The van der Waals surface area contributed by atoms with Gasteiger partial charge >= 0.3 is 13.1 Å². The highest BCUT2D eigenvalue weighted by molar-refractivity contribution is 6.90. The molecule has 1 N–H and O–H groups in total. The van der Waals surface area contributed by atoms with E-state index in [1.807, 2.05) is 0 Å². The van der Waals surface area contributed by atoms with Crippen LogP contribution in [0.25, 0.3) is 0 Å². The molecule has 0 amide bonds. The summed E-state index contributed by atoms with van der Waals surface area (Å²) in [5.74, 6) is 0.697. The molecular weight excluding hydrogens is 537 g/mol. The molecule has 10 heteroatoms. The predicted octanol–water partition coefficient (Wildman–Crippen LogP) is 7.63. The molecule has 1 saturated heterocycles. The van der Waals surface area contributed by atoms with Crippen molar-refractivity contribution in [3.8, 4) is 0 Å². The Labute approximate surface area is 243 Å². The summed E-state index contributed by atoms with van der Waals surface area (Å²) in [5, 5.41) is 9.73. The van der Waals surface area contributed by atoms with Gasteiger partial charge in [0, 0.05) is 5.94 Å². The first-order valence-electron chi connectivity index (χ1n) is 15.4. The minimum Gasteiger partial charge on any atom is -0.481 e. The lowest BCUT2D eigenvalue weighted by atomic mass is 9.45. The predicted molar refractivity (Wildman–Crippen MR) is 171 cm³/mol. The number of carbonyl (C=O) groups is 1. The van der Waals surface area contributed by atoms with Gasteiger partial charge in [-0.1, -0.05) is 73.9 Å². The van der Waals surface area contributed by atoms with E-state index in [1.54, 1.807) is 0 Å². The molecule has 4 aliphatic rings. The molecule has 1 aliphatic heterocycles. The maximum Gasteiger partial charge on any atom is 0.474 e. The second-order valence-electron chi connectivity index (χ2n) is 17.2. The summed E-state index contributed by atoms with van der Waals surface area (Å²) in [6.07, 6.45) is 4.93. The largest absolute Gasteiger partial charge is 0.481 e. The molecule has 39 heavy (non-hydrogen) atoms. The third-order valence-electron chi connectivity index (χ3n) is 10.6. The molecule has 3 saturated carbocycles. The van der Waals surface area contributed by atoms with E-state index in [9.17, 15) is 9.90 Å². The molecule has 4 rings (SSSR count). The third-order valence-corrected chi connectivity index (χ3v) is 22.7. The minimum atomic E-state index is -2.08. The topological polar surface area (TPSA) is 68.2 Å². The summed E-state index contributed by atoms with van der Waals surface area (Å²) >= 11 is 0.